The van der Waals surface area contributed by atoms with Gasteiger partial charge < -0.3 is 14.4 Å². The Hall–Kier alpha value is -4.79. The smallest absolute Gasteiger partial charge is 0.359 e. The predicted octanol–water partition coefficient (Wildman–Crippen LogP) is 8.02. The minimum absolute atomic E-state index is 0. The molecular weight excluding hydrogens is 737 g/mol. The molecule has 4 aromatic rings. The highest BCUT2D eigenvalue weighted by atomic mass is 35.5. The van der Waals surface area contributed by atoms with E-state index < -0.39 is 11.9 Å². The van der Waals surface area contributed by atoms with Gasteiger partial charge in [0.1, 0.15) is 11.4 Å². The summed E-state index contributed by atoms with van der Waals surface area (Å²) in [6.45, 7) is 5.15. The van der Waals surface area contributed by atoms with Crippen molar-refractivity contribution < 1.29 is 36.6 Å². The molecule has 11 nitrogen and oxygen atoms in total. The summed E-state index contributed by atoms with van der Waals surface area (Å²) in [5.74, 6) is 1.91. The fourth-order valence-electron chi connectivity index (χ4n) is 6.04. The summed E-state index contributed by atoms with van der Waals surface area (Å²) < 4.78 is 47.1. The number of hydrogen-bond donors (Lipinski definition) is 1. The molecule has 0 bridgehead atoms. The fourth-order valence-corrected chi connectivity index (χ4v) is 6.04. The van der Waals surface area contributed by atoms with Crippen molar-refractivity contribution in [1.82, 2.24) is 30.5 Å². The Balaban J connectivity index is 0.000000183. The van der Waals surface area contributed by atoms with Crippen molar-refractivity contribution in [2.75, 3.05) is 26.2 Å². The monoisotopic (exact) mass is 780 g/mol. The van der Waals surface area contributed by atoms with Crippen LogP contribution in [0.3, 0.4) is 0 Å². The van der Waals surface area contributed by atoms with Crippen molar-refractivity contribution in [2.45, 2.75) is 71.0 Å². The minimum Gasteiger partial charge on any atom is -0.359 e. The lowest BCUT2D eigenvalue weighted by Gasteiger charge is -2.25. The van der Waals surface area contributed by atoms with Crippen molar-refractivity contribution in [3.05, 3.63) is 106 Å². The Morgan fingerprint density at radius 3 is 1.93 bits per heavy atom. The van der Waals surface area contributed by atoms with Gasteiger partial charge in [0.05, 0.1) is 23.6 Å². The lowest BCUT2D eigenvalue weighted by Crippen LogP contribution is -2.28. The van der Waals surface area contributed by atoms with E-state index in [1.807, 2.05) is 41.3 Å². The Kier molecular flexibility index (Phi) is 14.4. The number of alkyl halides is 3. The number of carbonyl (C=O) groups excluding carboxylic acids is 3. The summed E-state index contributed by atoms with van der Waals surface area (Å²) in [5, 5.41) is 9.85. The Labute approximate surface area is 323 Å². The van der Waals surface area contributed by atoms with E-state index >= 15 is 0 Å². The summed E-state index contributed by atoms with van der Waals surface area (Å²) in [7, 11) is 0. The number of aryl methyl sites for hydroxylation is 1. The second-order valence-corrected chi connectivity index (χ2v) is 14.0. The predicted molar refractivity (Wildman–Crippen MR) is 201 cm³/mol. The molecule has 0 aromatic carbocycles. The Morgan fingerprint density at radius 1 is 0.873 bits per heavy atom. The summed E-state index contributed by atoms with van der Waals surface area (Å²) in [6, 6.07) is 13.8. The molecule has 2 aliphatic heterocycles. The van der Waals surface area contributed by atoms with E-state index in [1.165, 1.54) is 18.4 Å². The van der Waals surface area contributed by atoms with Crippen LogP contribution in [-0.2, 0) is 12.7 Å². The molecule has 0 radical (unpaired) electrons. The molecule has 0 amide bonds. The van der Waals surface area contributed by atoms with Gasteiger partial charge in [-0.1, -0.05) is 34.6 Å². The maximum absolute atomic E-state index is 12.6. The lowest BCUT2D eigenvalue weighted by molar-refractivity contribution is -0.142. The van der Waals surface area contributed by atoms with Gasteiger partial charge in [0, 0.05) is 44.6 Å². The van der Waals surface area contributed by atoms with Gasteiger partial charge in [-0.3, -0.25) is 19.3 Å². The van der Waals surface area contributed by atoms with Gasteiger partial charge in [-0.05, 0) is 99.2 Å². The third-order valence-electron chi connectivity index (χ3n) is 9.42. The van der Waals surface area contributed by atoms with Crippen molar-refractivity contribution in [2.24, 2.45) is 11.8 Å². The molecule has 0 unspecified atom stereocenters. The van der Waals surface area contributed by atoms with E-state index in [4.69, 9.17) is 4.52 Å². The Bertz CT molecular complexity index is 2000. The van der Waals surface area contributed by atoms with Crippen molar-refractivity contribution in [3.63, 3.8) is 0 Å². The first kappa shape index (κ1) is 41.4. The first-order chi connectivity index (χ1) is 26.0. The van der Waals surface area contributed by atoms with E-state index in [2.05, 4.69) is 36.2 Å². The van der Waals surface area contributed by atoms with Crippen LogP contribution in [0.5, 0.6) is 0 Å². The normalized spacial score (nSPS) is 16.9. The van der Waals surface area contributed by atoms with Crippen molar-refractivity contribution >= 4 is 41.4 Å². The maximum Gasteiger partial charge on any atom is 0.436 e. The zero-order valence-corrected chi connectivity index (χ0v) is 31.3. The maximum atomic E-state index is 12.6. The van der Waals surface area contributed by atoms with E-state index in [1.54, 1.807) is 19.1 Å². The molecule has 15 heteroatoms. The molecule has 2 aliphatic carbocycles. The summed E-state index contributed by atoms with van der Waals surface area (Å²) >= 11 is 0. The zero-order valence-electron chi connectivity index (χ0n) is 30.5. The van der Waals surface area contributed by atoms with E-state index in [0.717, 1.165) is 61.1 Å². The number of Topliss-reactive ketones (excluding diaryl/α,β-unsaturated/α-hetero) is 2. The molecule has 1 N–H and O–H groups in total. The summed E-state index contributed by atoms with van der Waals surface area (Å²) in [6.07, 6.45) is 7.92. The molecule has 292 valence electrons. The Morgan fingerprint density at radius 2 is 1.49 bits per heavy atom. The van der Waals surface area contributed by atoms with Crippen LogP contribution in [0.2, 0.25) is 0 Å². The molecule has 2 saturated carbocycles. The van der Waals surface area contributed by atoms with Crippen LogP contribution in [-0.4, -0.2) is 69.2 Å². The number of halogens is 4. The van der Waals surface area contributed by atoms with Crippen LogP contribution in [0.1, 0.15) is 111 Å². The molecule has 2 fully saturated rings. The molecule has 55 heavy (non-hydrogen) atoms. The topological polar surface area (TPSA) is 144 Å². The van der Waals surface area contributed by atoms with Crippen LogP contribution in [0, 0.1) is 18.8 Å². The average molecular weight is 781 g/mol. The number of aromatic nitrogens is 4. The number of nitrogens with one attached hydrogen (secondary N) is 1. The van der Waals surface area contributed by atoms with Crippen LogP contribution in [0.4, 0.5) is 13.2 Å². The molecule has 0 spiro atoms. The minimum atomic E-state index is -4.50. The summed E-state index contributed by atoms with van der Waals surface area (Å²) in [4.78, 5) is 45.2. The van der Waals surface area contributed by atoms with Gasteiger partial charge in [0.2, 0.25) is 0 Å². The lowest BCUT2D eigenvalue weighted by atomic mass is 10.0. The third-order valence-corrected chi connectivity index (χ3v) is 9.42. The average Bonchev–Trinajstić information content (AvgIpc) is 4.10. The number of aldehydes is 1. The molecule has 0 saturated heterocycles. The summed E-state index contributed by atoms with van der Waals surface area (Å²) in [5.41, 5.74) is 4.94. The zero-order chi connectivity index (χ0) is 38.1. The van der Waals surface area contributed by atoms with Crippen LogP contribution >= 0.6 is 12.4 Å². The first-order valence-electron chi connectivity index (χ1n) is 18.3. The van der Waals surface area contributed by atoms with Crippen molar-refractivity contribution in [3.8, 4) is 0 Å². The number of pyridine rings is 2. The van der Waals surface area contributed by atoms with Crippen LogP contribution in [0.25, 0.3) is 11.1 Å². The number of rotatable bonds is 11. The highest BCUT2D eigenvalue weighted by molar-refractivity contribution is 5.95. The van der Waals surface area contributed by atoms with Crippen LogP contribution < -0.4 is 5.32 Å². The largest absolute Gasteiger partial charge is 0.436 e. The SMILES string of the molecule is Cc1cc(C=O)on1.Cl.O=C(CC1CC1)c1cccc(C2=CCN(Cc3cc(C(F)(F)F)no3)CC2)n1.O=C(CC1CC1)c1cccc(C2=CCNCC2)n1. The molecule has 6 heterocycles. The van der Waals surface area contributed by atoms with Crippen LogP contribution in [0.15, 0.2) is 69.7 Å². The molecule has 0 atom stereocenters. The highest BCUT2D eigenvalue weighted by Crippen LogP contribution is 2.34. The first-order valence-corrected chi connectivity index (χ1v) is 18.3. The van der Waals surface area contributed by atoms with Crippen molar-refractivity contribution in [1.29, 1.82) is 0 Å². The number of carbonyl (C=O) groups is 3. The second-order valence-electron chi connectivity index (χ2n) is 14.0. The second kappa shape index (κ2) is 19.2. The van der Waals surface area contributed by atoms with Gasteiger partial charge in [-0.15, -0.1) is 12.4 Å². The molecule has 4 aromatic heterocycles. The highest BCUT2D eigenvalue weighted by Gasteiger charge is 2.35. The van der Waals surface area contributed by atoms with E-state index in [9.17, 15) is 27.6 Å². The van der Waals surface area contributed by atoms with Gasteiger partial charge in [0.15, 0.2) is 35.1 Å². The number of hydrogen-bond acceptors (Lipinski definition) is 11. The van der Waals surface area contributed by atoms with Gasteiger partial charge in [-0.2, -0.15) is 13.2 Å². The van der Waals surface area contributed by atoms with Gasteiger partial charge in [0.25, 0.3) is 0 Å². The number of ketones is 2. The molecular formula is C40H44ClF3N6O5. The molecule has 8 rings (SSSR count). The van der Waals surface area contributed by atoms with E-state index in [0.29, 0.717) is 61.9 Å². The van der Waals surface area contributed by atoms with Gasteiger partial charge >= 0.3 is 6.18 Å². The quantitative estimate of drug-likeness (QED) is 0.117. The van der Waals surface area contributed by atoms with E-state index in [-0.39, 0.29) is 42.0 Å². The standard InChI is InChI=1S/C20H20F3N3O2.C15H18N2O.C5H5NO2.ClH/c21-20(22,23)19-11-15(28-25-19)12-26-8-6-14(7-9-26)16-2-1-3-17(24-16)18(27)10-13-4-5-13;18-15(10-11-4-5-11)14-3-1-2-13(17-14)12-6-8-16-9-7-12;1-4-2-5(3-7)8-6-4;/h1-3,6,11,13H,4-5,7-10,12H2;1-3,6,11,16H,4-5,7-10H2;2-3H,1H3;1H. The third kappa shape index (κ3) is 12.6. The molecule has 4 aliphatic rings. The fraction of sp³-hybridized carbons (Fsp3) is 0.425. The number of nitrogens with zero attached hydrogens (tertiary/aromatic N) is 5. The van der Waals surface area contributed by atoms with Gasteiger partial charge in [-0.25, -0.2) is 9.97 Å².